The first-order valence-electron chi connectivity index (χ1n) is 8.60. The summed E-state index contributed by atoms with van der Waals surface area (Å²) in [4.78, 5) is 14.0. The molecule has 22 heavy (non-hydrogen) atoms. The van der Waals surface area contributed by atoms with Gasteiger partial charge in [-0.25, -0.2) is 0 Å². The second-order valence-electron chi connectivity index (χ2n) is 6.92. The van der Waals surface area contributed by atoms with Crippen LogP contribution in [0.15, 0.2) is 24.3 Å². The van der Waals surface area contributed by atoms with Gasteiger partial charge >= 0.3 is 5.97 Å². The van der Waals surface area contributed by atoms with Gasteiger partial charge in [0.1, 0.15) is 0 Å². The van der Waals surface area contributed by atoms with E-state index in [4.69, 9.17) is 0 Å². The smallest absolute Gasteiger partial charge is 0.311 e. The molecule has 1 saturated heterocycles. The van der Waals surface area contributed by atoms with E-state index in [1.807, 2.05) is 12.1 Å². The molecule has 0 aromatic heterocycles. The minimum atomic E-state index is -0.700. The molecule has 0 saturated carbocycles. The maximum Gasteiger partial charge on any atom is 0.311 e. The van der Waals surface area contributed by atoms with Crippen LogP contribution in [-0.2, 0) is 11.2 Å². The van der Waals surface area contributed by atoms with Gasteiger partial charge in [0, 0.05) is 0 Å². The molecule has 0 bridgehead atoms. The van der Waals surface area contributed by atoms with Crippen molar-refractivity contribution in [1.82, 2.24) is 4.90 Å². The summed E-state index contributed by atoms with van der Waals surface area (Å²) in [6, 6.07) is 8.19. The first-order chi connectivity index (χ1) is 10.6. The van der Waals surface area contributed by atoms with E-state index < -0.39 is 5.97 Å². The van der Waals surface area contributed by atoms with Crippen LogP contribution < -0.4 is 0 Å². The number of benzene rings is 1. The van der Waals surface area contributed by atoms with Crippen LogP contribution in [0.25, 0.3) is 0 Å². The van der Waals surface area contributed by atoms with Gasteiger partial charge in [0.05, 0.1) is 5.92 Å². The highest BCUT2D eigenvalue weighted by molar-refractivity contribution is 5.76. The molecule has 3 nitrogen and oxygen atoms in total. The van der Waals surface area contributed by atoms with Gasteiger partial charge in [-0.05, 0) is 62.4 Å². The molecule has 1 aromatic carbocycles. The molecule has 0 aliphatic carbocycles. The lowest BCUT2D eigenvalue weighted by atomic mass is 9.93. The lowest BCUT2D eigenvalue weighted by Gasteiger charge is -2.27. The topological polar surface area (TPSA) is 40.5 Å². The van der Waals surface area contributed by atoms with Gasteiger partial charge in [-0.2, -0.15) is 0 Å². The third kappa shape index (κ3) is 5.13. The SMILES string of the molecule is CC(C)Cc1ccc(C(CCN2CCCCC2)C(=O)O)cc1. The summed E-state index contributed by atoms with van der Waals surface area (Å²) >= 11 is 0. The Balaban J connectivity index is 1.96. The van der Waals surface area contributed by atoms with E-state index in [2.05, 4.69) is 30.9 Å². The number of aliphatic carboxylic acids is 1. The van der Waals surface area contributed by atoms with Crippen LogP contribution in [0.1, 0.15) is 56.6 Å². The standard InChI is InChI=1S/C19H29NO2/c1-15(2)14-16-6-8-17(9-7-16)18(19(21)22)10-13-20-11-4-3-5-12-20/h6-9,15,18H,3-5,10-14H2,1-2H3,(H,21,22). The van der Waals surface area contributed by atoms with Crippen molar-refractivity contribution in [1.29, 1.82) is 0 Å². The van der Waals surface area contributed by atoms with Crippen molar-refractivity contribution in [2.75, 3.05) is 19.6 Å². The molecule has 1 heterocycles. The summed E-state index contributed by atoms with van der Waals surface area (Å²) in [6.45, 7) is 7.54. The Hall–Kier alpha value is -1.35. The predicted octanol–water partition coefficient (Wildman–Crippen LogP) is 3.93. The van der Waals surface area contributed by atoms with Gasteiger partial charge in [0.2, 0.25) is 0 Å². The third-order valence-corrected chi connectivity index (χ3v) is 4.51. The third-order valence-electron chi connectivity index (χ3n) is 4.51. The fraction of sp³-hybridized carbons (Fsp3) is 0.632. The Kier molecular flexibility index (Phi) is 6.44. The fourth-order valence-corrected chi connectivity index (χ4v) is 3.28. The van der Waals surface area contributed by atoms with E-state index in [0.717, 1.165) is 31.6 Å². The number of carboxylic acids is 1. The molecule has 1 aliphatic rings. The summed E-state index contributed by atoms with van der Waals surface area (Å²) in [5, 5.41) is 9.55. The molecule has 1 fully saturated rings. The summed E-state index contributed by atoms with van der Waals surface area (Å²) in [7, 11) is 0. The first-order valence-corrected chi connectivity index (χ1v) is 8.60. The molecule has 1 N–H and O–H groups in total. The number of rotatable bonds is 7. The average Bonchev–Trinajstić information content (AvgIpc) is 2.49. The van der Waals surface area contributed by atoms with Crippen LogP contribution in [0.5, 0.6) is 0 Å². The molecule has 1 aliphatic heterocycles. The first kappa shape index (κ1) is 17.0. The lowest BCUT2D eigenvalue weighted by molar-refractivity contribution is -0.139. The predicted molar refractivity (Wildman–Crippen MR) is 90.3 cm³/mol. The zero-order valence-electron chi connectivity index (χ0n) is 13.9. The molecule has 122 valence electrons. The number of carbonyl (C=O) groups is 1. The van der Waals surface area contributed by atoms with Crippen molar-refractivity contribution >= 4 is 5.97 Å². The summed E-state index contributed by atoms with van der Waals surface area (Å²) in [6.07, 6.45) is 5.57. The van der Waals surface area contributed by atoms with Gasteiger partial charge in [-0.3, -0.25) is 4.79 Å². The van der Waals surface area contributed by atoms with E-state index >= 15 is 0 Å². The van der Waals surface area contributed by atoms with E-state index in [1.165, 1.54) is 24.8 Å². The number of piperidine rings is 1. The number of hydrogen-bond acceptors (Lipinski definition) is 2. The Bertz CT molecular complexity index is 461. The second-order valence-corrected chi connectivity index (χ2v) is 6.92. The molecule has 0 spiro atoms. The molecule has 1 unspecified atom stereocenters. The monoisotopic (exact) mass is 303 g/mol. The Morgan fingerprint density at radius 3 is 2.32 bits per heavy atom. The quantitative estimate of drug-likeness (QED) is 0.829. The van der Waals surface area contributed by atoms with Crippen LogP contribution >= 0.6 is 0 Å². The van der Waals surface area contributed by atoms with Gasteiger partial charge in [-0.15, -0.1) is 0 Å². The molecular weight excluding hydrogens is 274 g/mol. The van der Waals surface area contributed by atoms with Gasteiger partial charge in [-0.1, -0.05) is 44.5 Å². The highest BCUT2D eigenvalue weighted by Crippen LogP contribution is 2.23. The Labute approximate surface area is 134 Å². The molecule has 0 radical (unpaired) electrons. The fourth-order valence-electron chi connectivity index (χ4n) is 3.28. The molecule has 1 aromatic rings. The van der Waals surface area contributed by atoms with Gasteiger partial charge in [0.25, 0.3) is 0 Å². The van der Waals surface area contributed by atoms with Crippen molar-refractivity contribution in [3.8, 4) is 0 Å². The zero-order valence-corrected chi connectivity index (χ0v) is 13.9. The van der Waals surface area contributed by atoms with Crippen molar-refractivity contribution in [2.24, 2.45) is 5.92 Å². The van der Waals surface area contributed by atoms with Crippen molar-refractivity contribution in [3.63, 3.8) is 0 Å². The maximum atomic E-state index is 11.6. The minimum Gasteiger partial charge on any atom is -0.481 e. The maximum absolute atomic E-state index is 11.6. The number of nitrogens with zero attached hydrogens (tertiary/aromatic N) is 1. The second kappa shape index (κ2) is 8.33. The van der Waals surface area contributed by atoms with Crippen LogP contribution in [-0.4, -0.2) is 35.6 Å². The highest BCUT2D eigenvalue weighted by atomic mass is 16.4. The van der Waals surface area contributed by atoms with Crippen molar-refractivity contribution < 1.29 is 9.90 Å². The van der Waals surface area contributed by atoms with Crippen LogP contribution in [0.4, 0.5) is 0 Å². The Morgan fingerprint density at radius 1 is 1.14 bits per heavy atom. The zero-order chi connectivity index (χ0) is 15.9. The van der Waals surface area contributed by atoms with E-state index in [9.17, 15) is 9.90 Å². The number of hydrogen-bond donors (Lipinski definition) is 1. The molecular formula is C19H29NO2. The summed E-state index contributed by atoms with van der Waals surface area (Å²) in [5.74, 6) is -0.455. The van der Waals surface area contributed by atoms with E-state index in [-0.39, 0.29) is 5.92 Å². The molecule has 0 amide bonds. The highest BCUT2D eigenvalue weighted by Gasteiger charge is 2.21. The van der Waals surface area contributed by atoms with Crippen molar-refractivity contribution in [3.05, 3.63) is 35.4 Å². The van der Waals surface area contributed by atoms with Gasteiger partial charge < -0.3 is 10.0 Å². The number of carboxylic acid groups (broad SMARTS) is 1. The summed E-state index contributed by atoms with van der Waals surface area (Å²) in [5.41, 5.74) is 2.23. The van der Waals surface area contributed by atoms with Gasteiger partial charge in [0.15, 0.2) is 0 Å². The molecule has 2 rings (SSSR count). The molecule has 1 atom stereocenters. The summed E-state index contributed by atoms with van der Waals surface area (Å²) < 4.78 is 0. The van der Waals surface area contributed by atoms with E-state index in [0.29, 0.717) is 12.3 Å². The average molecular weight is 303 g/mol. The van der Waals surface area contributed by atoms with Crippen LogP contribution in [0.2, 0.25) is 0 Å². The lowest BCUT2D eigenvalue weighted by Crippen LogP contribution is -2.32. The van der Waals surface area contributed by atoms with Crippen LogP contribution in [0.3, 0.4) is 0 Å². The largest absolute Gasteiger partial charge is 0.481 e. The minimum absolute atomic E-state index is 0.380. The molecule has 3 heteroatoms. The number of likely N-dealkylation sites (tertiary alicyclic amines) is 1. The normalized spacial score (nSPS) is 17.6. The van der Waals surface area contributed by atoms with Crippen molar-refractivity contribution in [2.45, 2.75) is 51.9 Å². The Morgan fingerprint density at radius 2 is 1.77 bits per heavy atom. The van der Waals surface area contributed by atoms with E-state index in [1.54, 1.807) is 0 Å². The van der Waals surface area contributed by atoms with Crippen LogP contribution in [0, 0.1) is 5.92 Å².